The molecule has 6 heteroatoms. The van der Waals surface area contributed by atoms with E-state index in [1.807, 2.05) is 48.5 Å². The predicted molar refractivity (Wildman–Crippen MR) is 101 cm³/mol. The zero-order valence-electron chi connectivity index (χ0n) is 13.9. The fourth-order valence-corrected chi connectivity index (χ4v) is 3.27. The number of aromatic carboxylic acids is 1. The maximum absolute atomic E-state index is 12.7. The fraction of sp³-hybridized carbons (Fsp3) is 0.158. The number of fused-ring (bicyclic) bond motifs is 1. The zero-order chi connectivity index (χ0) is 18.1. The molecule has 1 N–H and O–H groups in total. The van der Waals surface area contributed by atoms with E-state index in [4.69, 9.17) is 0 Å². The third-order valence-electron chi connectivity index (χ3n) is 4.33. The second kappa shape index (κ2) is 6.72. The van der Waals surface area contributed by atoms with Crippen molar-refractivity contribution < 1.29 is 14.7 Å². The van der Waals surface area contributed by atoms with E-state index >= 15 is 0 Å². The van der Waals surface area contributed by atoms with Gasteiger partial charge in [-0.1, -0.05) is 34.1 Å². The average molecular weight is 401 g/mol. The summed E-state index contributed by atoms with van der Waals surface area (Å²) >= 11 is 3.37. The number of carbonyl (C=O) groups excluding carboxylic acids is 1. The van der Waals surface area contributed by atoms with Crippen LogP contribution in [0.3, 0.4) is 0 Å². The van der Waals surface area contributed by atoms with Crippen molar-refractivity contribution in [3.8, 4) is 0 Å². The molecule has 2 aromatic carbocycles. The Kier molecular flexibility index (Phi) is 4.63. The molecular formula is C19H17BrN2O3. The van der Waals surface area contributed by atoms with Gasteiger partial charge in [0.15, 0.2) is 0 Å². The summed E-state index contributed by atoms with van der Waals surface area (Å²) < 4.78 is 2.55. The Morgan fingerprint density at radius 2 is 1.76 bits per heavy atom. The number of rotatable bonds is 4. The van der Waals surface area contributed by atoms with Crippen LogP contribution in [-0.4, -0.2) is 28.6 Å². The maximum Gasteiger partial charge on any atom is 0.352 e. The summed E-state index contributed by atoms with van der Waals surface area (Å²) in [4.78, 5) is 26.0. The molecule has 0 atom stereocenters. The average Bonchev–Trinajstić information content (AvgIpc) is 2.87. The summed E-state index contributed by atoms with van der Waals surface area (Å²) in [7, 11) is 3.40. The standard InChI is InChI=1S/C19H17BrN2O3/c1-21(13-9-7-12(20)8-10-13)17(23)11-15-14-5-3-4-6-16(14)22(2)18(15)19(24)25/h3-10H,11H2,1-2H3,(H,24,25). The summed E-state index contributed by atoms with van der Waals surface area (Å²) in [6, 6.07) is 14.8. The van der Waals surface area contributed by atoms with Crippen LogP contribution < -0.4 is 4.90 Å². The normalized spacial score (nSPS) is 10.8. The van der Waals surface area contributed by atoms with Crippen LogP contribution in [0.2, 0.25) is 0 Å². The van der Waals surface area contributed by atoms with Gasteiger partial charge < -0.3 is 14.6 Å². The lowest BCUT2D eigenvalue weighted by Gasteiger charge is -2.17. The van der Waals surface area contributed by atoms with Crippen molar-refractivity contribution in [1.82, 2.24) is 4.57 Å². The Morgan fingerprint density at radius 1 is 1.12 bits per heavy atom. The van der Waals surface area contributed by atoms with Crippen molar-refractivity contribution in [2.24, 2.45) is 7.05 Å². The van der Waals surface area contributed by atoms with E-state index in [1.54, 1.807) is 23.6 Å². The molecule has 3 rings (SSSR count). The molecule has 1 aromatic heterocycles. The molecule has 0 saturated carbocycles. The number of carboxylic acids is 1. The molecule has 1 amide bonds. The third kappa shape index (κ3) is 3.17. The van der Waals surface area contributed by atoms with E-state index in [0.717, 1.165) is 21.1 Å². The second-order valence-corrected chi connectivity index (χ2v) is 6.73. The minimum atomic E-state index is -1.03. The Hall–Kier alpha value is -2.60. The van der Waals surface area contributed by atoms with Gasteiger partial charge >= 0.3 is 5.97 Å². The largest absolute Gasteiger partial charge is 0.477 e. The fourth-order valence-electron chi connectivity index (χ4n) is 3.00. The highest BCUT2D eigenvalue weighted by molar-refractivity contribution is 9.10. The van der Waals surface area contributed by atoms with Crippen molar-refractivity contribution >= 4 is 44.4 Å². The van der Waals surface area contributed by atoms with E-state index in [-0.39, 0.29) is 18.0 Å². The number of aryl methyl sites for hydroxylation is 1. The molecule has 128 valence electrons. The lowest BCUT2D eigenvalue weighted by atomic mass is 10.1. The molecule has 0 fully saturated rings. The first kappa shape index (κ1) is 17.2. The van der Waals surface area contributed by atoms with E-state index in [9.17, 15) is 14.7 Å². The molecule has 0 aliphatic rings. The Labute approximate surface area is 153 Å². The topological polar surface area (TPSA) is 62.5 Å². The Bertz CT molecular complexity index is 961. The minimum absolute atomic E-state index is 0.0234. The summed E-state index contributed by atoms with van der Waals surface area (Å²) in [5, 5.41) is 10.4. The number of benzene rings is 2. The minimum Gasteiger partial charge on any atom is -0.477 e. The van der Waals surface area contributed by atoms with Gasteiger partial charge in [0.2, 0.25) is 5.91 Å². The van der Waals surface area contributed by atoms with Gasteiger partial charge in [0, 0.05) is 40.7 Å². The van der Waals surface area contributed by atoms with Gasteiger partial charge in [-0.15, -0.1) is 0 Å². The van der Waals surface area contributed by atoms with E-state index < -0.39 is 5.97 Å². The van der Waals surface area contributed by atoms with Crippen molar-refractivity contribution in [1.29, 1.82) is 0 Å². The number of aromatic nitrogens is 1. The van der Waals surface area contributed by atoms with Crippen LogP contribution in [0.4, 0.5) is 5.69 Å². The molecule has 25 heavy (non-hydrogen) atoms. The molecule has 1 heterocycles. The zero-order valence-corrected chi connectivity index (χ0v) is 15.4. The number of carbonyl (C=O) groups is 2. The molecule has 0 spiro atoms. The SMILES string of the molecule is CN(C(=O)Cc1c(C(=O)O)n(C)c2ccccc12)c1ccc(Br)cc1. The van der Waals surface area contributed by atoms with Gasteiger partial charge in [-0.05, 0) is 30.3 Å². The van der Waals surface area contributed by atoms with E-state index in [1.165, 1.54) is 0 Å². The number of likely N-dealkylation sites (N-methyl/N-ethyl adjacent to an activating group) is 1. The van der Waals surface area contributed by atoms with Crippen LogP contribution in [0, 0.1) is 0 Å². The van der Waals surface area contributed by atoms with Crippen LogP contribution in [0.1, 0.15) is 16.1 Å². The predicted octanol–water partition coefficient (Wildman–Crippen LogP) is 3.84. The van der Waals surface area contributed by atoms with E-state index in [2.05, 4.69) is 15.9 Å². The quantitative estimate of drug-likeness (QED) is 0.723. The molecule has 0 saturated heterocycles. The third-order valence-corrected chi connectivity index (χ3v) is 4.86. The summed E-state index contributed by atoms with van der Waals surface area (Å²) in [6.45, 7) is 0. The lowest BCUT2D eigenvalue weighted by molar-refractivity contribution is -0.117. The van der Waals surface area contributed by atoms with Gasteiger partial charge in [-0.2, -0.15) is 0 Å². The number of amides is 1. The van der Waals surface area contributed by atoms with E-state index in [0.29, 0.717) is 5.56 Å². The number of halogens is 1. The monoisotopic (exact) mass is 400 g/mol. The summed E-state index contributed by atoms with van der Waals surface area (Å²) in [6.07, 6.45) is 0.0234. The molecule has 0 aliphatic carbocycles. The molecule has 0 aliphatic heterocycles. The Balaban J connectivity index is 1.99. The van der Waals surface area contributed by atoms with Gasteiger partial charge in [0.05, 0.1) is 6.42 Å². The van der Waals surface area contributed by atoms with Crippen LogP contribution in [-0.2, 0) is 18.3 Å². The lowest BCUT2D eigenvalue weighted by Crippen LogP contribution is -2.28. The van der Waals surface area contributed by atoms with Gasteiger partial charge in [-0.3, -0.25) is 4.79 Å². The molecule has 0 radical (unpaired) electrons. The van der Waals surface area contributed by atoms with Crippen molar-refractivity contribution in [2.45, 2.75) is 6.42 Å². The van der Waals surface area contributed by atoms with Crippen molar-refractivity contribution in [3.63, 3.8) is 0 Å². The van der Waals surface area contributed by atoms with Crippen molar-refractivity contribution in [3.05, 3.63) is 64.3 Å². The van der Waals surface area contributed by atoms with Crippen LogP contribution in [0.5, 0.6) is 0 Å². The van der Waals surface area contributed by atoms with Gasteiger partial charge in [0.1, 0.15) is 5.69 Å². The highest BCUT2D eigenvalue weighted by atomic mass is 79.9. The molecule has 3 aromatic rings. The number of hydrogen-bond donors (Lipinski definition) is 1. The Morgan fingerprint density at radius 3 is 2.40 bits per heavy atom. The van der Waals surface area contributed by atoms with Crippen LogP contribution in [0.15, 0.2) is 53.0 Å². The first-order valence-electron chi connectivity index (χ1n) is 7.72. The maximum atomic E-state index is 12.7. The number of hydrogen-bond acceptors (Lipinski definition) is 2. The van der Waals surface area contributed by atoms with Crippen LogP contribution in [0.25, 0.3) is 10.9 Å². The molecular weight excluding hydrogens is 384 g/mol. The highest BCUT2D eigenvalue weighted by Gasteiger charge is 2.23. The number of carboxylic acid groups (broad SMARTS) is 1. The number of para-hydroxylation sites is 1. The van der Waals surface area contributed by atoms with Gasteiger partial charge in [-0.25, -0.2) is 4.79 Å². The summed E-state index contributed by atoms with van der Waals surface area (Å²) in [5.74, 6) is -1.20. The first-order chi connectivity index (χ1) is 11.9. The number of anilines is 1. The van der Waals surface area contributed by atoms with Gasteiger partial charge in [0.25, 0.3) is 0 Å². The summed E-state index contributed by atoms with van der Waals surface area (Å²) in [5.41, 5.74) is 2.25. The molecule has 0 bridgehead atoms. The number of nitrogens with zero attached hydrogens (tertiary/aromatic N) is 2. The van der Waals surface area contributed by atoms with Crippen molar-refractivity contribution in [2.75, 3.05) is 11.9 Å². The highest BCUT2D eigenvalue weighted by Crippen LogP contribution is 2.27. The second-order valence-electron chi connectivity index (χ2n) is 5.81. The molecule has 0 unspecified atom stereocenters. The smallest absolute Gasteiger partial charge is 0.352 e. The molecule has 5 nitrogen and oxygen atoms in total. The first-order valence-corrected chi connectivity index (χ1v) is 8.51. The van der Waals surface area contributed by atoms with Crippen LogP contribution >= 0.6 is 15.9 Å².